The quantitative estimate of drug-likeness (QED) is 0.474. The van der Waals surface area contributed by atoms with Crippen LogP contribution in [0.25, 0.3) is 0 Å². The number of rotatable bonds is 9. The molecule has 0 unspecified atom stereocenters. The number of hydrogen-bond donors (Lipinski definition) is 0. The number of carbonyl (C=O) groups is 1. The summed E-state index contributed by atoms with van der Waals surface area (Å²) in [5.74, 6) is 0.398. The molecule has 2 rings (SSSR count). The third-order valence-corrected chi connectivity index (χ3v) is 5.86. The van der Waals surface area contributed by atoms with Crippen LogP contribution in [0.3, 0.4) is 0 Å². The Kier molecular flexibility index (Phi) is 7.23. The molecule has 2 aromatic carbocycles. The molecule has 0 saturated carbocycles. The van der Waals surface area contributed by atoms with E-state index in [2.05, 4.69) is 0 Å². The summed E-state index contributed by atoms with van der Waals surface area (Å²) in [7, 11) is 1.41. The maximum Gasteiger partial charge on any atom is 0.264 e. The zero-order valence-corrected chi connectivity index (χ0v) is 17.4. The lowest BCUT2D eigenvalue weighted by Crippen LogP contribution is -2.31. The van der Waals surface area contributed by atoms with Crippen LogP contribution in [-0.4, -0.2) is 46.9 Å². The average Bonchev–Trinajstić information content (AvgIpc) is 2.70. The maximum atomic E-state index is 13.2. The van der Waals surface area contributed by atoms with Crippen molar-refractivity contribution in [1.29, 1.82) is 0 Å². The molecule has 0 atom stereocenters. The molecule has 2 aromatic rings. The number of ether oxygens (including phenoxy) is 1. The molecule has 0 aliphatic carbocycles. The smallest absolute Gasteiger partial charge is 0.264 e. The van der Waals surface area contributed by atoms with E-state index in [0.29, 0.717) is 30.0 Å². The zero-order valence-electron chi connectivity index (χ0n) is 16.6. The average molecular weight is 403 g/mol. The Morgan fingerprint density at radius 2 is 1.79 bits per heavy atom. The molecule has 0 bridgehead atoms. The molecule has 6 nitrogen and oxygen atoms in total. The molecular formula is C21H26N2O4S. The van der Waals surface area contributed by atoms with E-state index < -0.39 is 10.0 Å². The van der Waals surface area contributed by atoms with Gasteiger partial charge in [-0.25, -0.2) is 8.42 Å². The Morgan fingerprint density at radius 3 is 2.36 bits per heavy atom. The second-order valence-corrected chi connectivity index (χ2v) is 8.31. The Hall–Kier alpha value is -2.80. The number of carbonyl (C=O) groups excluding carboxylic acids is 1. The second kappa shape index (κ2) is 9.41. The monoisotopic (exact) mass is 402 g/mol. The van der Waals surface area contributed by atoms with Crippen LogP contribution >= 0.6 is 0 Å². The number of nitrogens with zero attached hydrogens (tertiary/aromatic N) is 2. The first-order valence-electron chi connectivity index (χ1n) is 8.95. The van der Waals surface area contributed by atoms with E-state index >= 15 is 0 Å². The third kappa shape index (κ3) is 5.13. The Morgan fingerprint density at radius 1 is 1.11 bits per heavy atom. The number of methoxy groups -OCH3 is 1. The Balaban J connectivity index is 2.42. The normalized spacial score (nSPS) is 11.4. The highest BCUT2D eigenvalue weighted by Gasteiger charge is 2.24. The lowest BCUT2D eigenvalue weighted by Gasteiger charge is -2.24. The minimum atomic E-state index is -3.77. The fourth-order valence-corrected chi connectivity index (χ4v) is 4.14. The predicted molar refractivity (Wildman–Crippen MR) is 111 cm³/mol. The molecule has 7 heteroatoms. The summed E-state index contributed by atoms with van der Waals surface area (Å²) in [4.78, 5) is 14.3. The van der Waals surface area contributed by atoms with Crippen LogP contribution < -0.4 is 9.04 Å². The number of sulfonamides is 1. The van der Waals surface area contributed by atoms with Gasteiger partial charge in [0, 0.05) is 38.5 Å². The van der Waals surface area contributed by atoms with Crippen molar-refractivity contribution in [3.8, 4) is 5.75 Å². The van der Waals surface area contributed by atoms with E-state index in [1.54, 1.807) is 47.5 Å². The second-order valence-electron chi connectivity index (χ2n) is 6.45. The van der Waals surface area contributed by atoms with E-state index in [4.69, 9.17) is 4.74 Å². The van der Waals surface area contributed by atoms with Gasteiger partial charge in [0.05, 0.1) is 17.7 Å². The minimum absolute atomic E-state index is 0.172. The molecule has 0 aliphatic rings. The Labute approximate surface area is 167 Å². The van der Waals surface area contributed by atoms with Crippen LogP contribution in [-0.2, 0) is 10.0 Å². The van der Waals surface area contributed by atoms with Crippen molar-refractivity contribution in [2.45, 2.75) is 18.2 Å². The van der Waals surface area contributed by atoms with Gasteiger partial charge in [-0.3, -0.25) is 9.10 Å². The predicted octanol–water partition coefficient (Wildman–Crippen LogP) is 3.56. The van der Waals surface area contributed by atoms with E-state index in [-0.39, 0.29) is 10.7 Å². The first-order valence-corrected chi connectivity index (χ1v) is 10.4. The number of benzene rings is 2. The molecule has 0 fully saturated rings. The lowest BCUT2D eigenvalue weighted by molar-refractivity contribution is 0.104. The summed E-state index contributed by atoms with van der Waals surface area (Å²) in [6.07, 6.45) is 3.75. The molecule has 28 heavy (non-hydrogen) atoms. The van der Waals surface area contributed by atoms with Crippen LogP contribution in [0.1, 0.15) is 23.7 Å². The first-order chi connectivity index (χ1) is 13.3. The number of allylic oxidation sites excluding steroid dienone is 1. The number of hydrogen-bond acceptors (Lipinski definition) is 5. The molecule has 150 valence electrons. The molecule has 0 amide bonds. The summed E-state index contributed by atoms with van der Waals surface area (Å²) in [5.41, 5.74) is 0.892. The van der Waals surface area contributed by atoms with Gasteiger partial charge in [-0.2, -0.15) is 0 Å². The molecule has 0 heterocycles. The SMILES string of the molecule is CCCN(c1cccc(C(=O)C=CN(C)C)c1)S(=O)(=O)c1ccc(OC)cc1. The van der Waals surface area contributed by atoms with Crippen molar-refractivity contribution in [2.24, 2.45) is 0 Å². The van der Waals surface area contributed by atoms with Gasteiger partial charge in [-0.05, 0) is 42.8 Å². The fourth-order valence-electron chi connectivity index (χ4n) is 2.59. The fraction of sp³-hybridized carbons (Fsp3) is 0.286. The summed E-state index contributed by atoms with van der Waals surface area (Å²) >= 11 is 0. The summed E-state index contributed by atoms with van der Waals surface area (Å²) < 4.78 is 32.8. The van der Waals surface area contributed by atoms with Crippen LogP contribution in [0.5, 0.6) is 5.75 Å². The van der Waals surface area contributed by atoms with Gasteiger partial charge in [0.25, 0.3) is 10.0 Å². The topological polar surface area (TPSA) is 66.9 Å². The van der Waals surface area contributed by atoms with E-state index in [1.807, 2.05) is 21.0 Å². The van der Waals surface area contributed by atoms with Gasteiger partial charge < -0.3 is 9.64 Å². The summed E-state index contributed by atoms with van der Waals surface area (Å²) in [5, 5.41) is 0. The van der Waals surface area contributed by atoms with Gasteiger partial charge in [0.15, 0.2) is 5.78 Å². The minimum Gasteiger partial charge on any atom is -0.497 e. The van der Waals surface area contributed by atoms with Gasteiger partial charge in [-0.1, -0.05) is 19.1 Å². The highest BCUT2D eigenvalue weighted by molar-refractivity contribution is 7.92. The van der Waals surface area contributed by atoms with Crippen molar-refractivity contribution in [3.63, 3.8) is 0 Å². The van der Waals surface area contributed by atoms with Gasteiger partial charge in [0.2, 0.25) is 0 Å². The molecule has 0 aliphatic heterocycles. The van der Waals surface area contributed by atoms with Crippen LogP contribution in [0, 0.1) is 0 Å². The van der Waals surface area contributed by atoms with Crippen molar-refractivity contribution in [2.75, 3.05) is 32.1 Å². The van der Waals surface area contributed by atoms with Crippen LogP contribution in [0.2, 0.25) is 0 Å². The first kappa shape index (κ1) is 21.5. The van der Waals surface area contributed by atoms with Crippen molar-refractivity contribution in [1.82, 2.24) is 4.90 Å². The number of anilines is 1. The van der Waals surface area contributed by atoms with Crippen molar-refractivity contribution >= 4 is 21.5 Å². The molecular weight excluding hydrogens is 376 g/mol. The molecule has 0 radical (unpaired) electrons. The van der Waals surface area contributed by atoms with Crippen molar-refractivity contribution in [3.05, 3.63) is 66.4 Å². The van der Waals surface area contributed by atoms with Crippen molar-refractivity contribution < 1.29 is 17.9 Å². The molecule has 0 N–H and O–H groups in total. The number of ketones is 1. The van der Waals surface area contributed by atoms with Gasteiger partial charge in [0.1, 0.15) is 5.75 Å². The highest BCUT2D eigenvalue weighted by Crippen LogP contribution is 2.26. The van der Waals surface area contributed by atoms with Crippen LogP contribution in [0.15, 0.2) is 65.7 Å². The largest absolute Gasteiger partial charge is 0.497 e. The standard InChI is InChI=1S/C21H26N2O4S/c1-5-14-23(28(25,26)20-11-9-19(27-4)10-12-20)18-8-6-7-17(16-18)21(24)13-15-22(2)3/h6-13,15-16H,5,14H2,1-4H3. The highest BCUT2D eigenvalue weighted by atomic mass is 32.2. The molecule has 0 spiro atoms. The van der Waals surface area contributed by atoms with Gasteiger partial charge >= 0.3 is 0 Å². The Bertz CT molecular complexity index is 935. The van der Waals surface area contributed by atoms with Gasteiger partial charge in [-0.15, -0.1) is 0 Å². The summed E-state index contributed by atoms with van der Waals surface area (Å²) in [6.45, 7) is 2.21. The van der Waals surface area contributed by atoms with E-state index in [1.165, 1.54) is 29.6 Å². The zero-order chi connectivity index (χ0) is 20.7. The lowest BCUT2D eigenvalue weighted by atomic mass is 10.1. The third-order valence-electron chi connectivity index (χ3n) is 4.02. The van der Waals surface area contributed by atoms with E-state index in [0.717, 1.165) is 0 Å². The molecule has 0 aromatic heterocycles. The van der Waals surface area contributed by atoms with Crippen LogP contribution in [0.4, 0.5) is 5.69 Å². The van der Waals surface area contributed by atoms with E-state index in [9.17, 15) is 13.2 Å². The molecule has 0 saturated heterocycles. The summed E-state index contributed by atoms with van der Waals surface area (Å²) in [6, 6.07) is 12.9. The maximum absolute atomic E-state index is 13.2.